The van der Waals surface area contributed by atoms with E-state index < -0.39 is 0 Å². The van der Waals surface area contributed by atoms with Crippen molar-refractivity contribution in [3.05, 3.63) is 0 Å². The van der Waals surface area contributed by atoms with Crippen molar-refractivity contribution >= 4 is 33.6 Å². The van der Waals surface area contributed by atoms with E-state index in [1.165, 1.54) is 24.3 Å². The minimum atomic E-state index is 0.176. The molecule has 0 bridgehead atoms. The molecule has 1 unspecified atom stereocenters. The zero-order valence-electron chi connectivity index (χ0n) is 10.1. The molecule has 0 saturated carbocycles. The molecule has 5 heteroatoms. The van der Waals surface area contributed by atoms with Crippen LogP contribution in [0.5, 0.6) is 0 Å². The van der Waals surface area contributed by atoms with Crippen LogP contribution in [0.3, 0.4) is 0 Å². The topological polar surface area (TPSA) is 29.5 Å². The van der Waals surface area contributed by atoms with Gasteiger partial charge in [0.1, 0.15) is 0 Å². The number of carbonyl (C=O) groups is 1. The Kier molecular flexibility index (Phi) is 5.63. The van der Waals surface area contributed by atoms with Crippen molar-refractivity contribution in [1.29, 1.82) is 0 Å². The van der Waals surface area contributed by atoms with Crippen LogP contribution in [-0.4, -0.2) is 53.4 Å². The second-order valence-electron chi connectivity index (χ2n) is 4.75. The van der Waals surface area contributed by atoms with Crippen LogP contribution in [0.1, 0.15) is 19.3 Å². The SMILES string of the molecule is O=C(CC1CCSCC1)N1CCOC(CBr)C1. The Bertz CT molecular complexity index is 259. The van der Waals surface area contributed by atoms with Crippen LogP contribution in [0.15, 0.2) is 0 Å². The lowest BCUT2D eigenvalue weighted by Crippen LogP contribution is -2.46. The van der Waals surface area contributed by atoms with Crippen LogP contribution < -0.4 is 0 Å². The lowest BCUT2D eigenvalue weighted by molar-refractivity contribution is -0.139. The Hall–Kier alpha value is 0.260. The zero-order valence-corrected chi connectivity index (χ0v) is 12.5. The molecule has 0 radical (unpaired) electrons. The Morgan fingerprint density at radius 2 is 2.18 bits per heavy atom. The number of carbonyl (C=O) groups excluding carboxylic acids is 1. The van der Waals surface area contributed by atoms with Gasteiger partial charge in [-0.2, -0.15) is 11.8 Å². The van der Waals surface area contributed by atoms with Gasteiger partial charge in [-0.15, -0.1) is 0 Å². The lowest BCUT2D eigenvalue weighted by atomic mass is 9.98. The molecule has 0 aromatic carbocycles. The molecule has 2 rings (SSSR count). The fraction of sp³-hybridized carbons (Fsp3) is 0.917. The maximum absolute atomic E-state index is 12.2. The van der Waals surface area contributed by atoms with Gasteiger partial charge in [0, 0.05) is 24.8 Å². The van der Waals surface area contributed by atoms with Crippen LogP contribution in [0, 0.1) is 5.92 Å². The van der Waals surface area contributed by atoms with Crippen molar-refractivity contribution < 1.29 is 9.53 Å². The molecule has 2 fully saturated rings. The summed E-state index contributed by atoms with van der Waals surface area (Å²) in [4.78, 5) is 14.2. The molecular formula is C12H20BrNO2S. The number of ether oxygens (including phenoxy) is 1. The highest BCUT2D eigenvalue weighted by molar-refractivity contribution is 9.09. The largest absolute Gasteiger partial charge is 0.374 e. The summed E-state index contributed by atoms with van der Waals surface area (Å²) < 4.78 is 5.55. The molecular weight excluding hydrogens is 302 g/mol. The molecule has 2 aliphatic rings. The monoisotopic (exact) mass is 321 g/mol. The van der Waals surface area contributed by atoms with Crippen LogP contribution in [0.4, 0.5) is 0 Å². The van der Waals surface area contributed by atoms with Crippen molar-refractivity contribution in [2.75, 3.05) is 36.5 Å². The number of rotatable bonds is 3. The van der Waals surface area contributed by atoms with E-state index in [9.17, 15) is 4.79 Å². The van der Waals surface area contributed by atoms with E-state index in [0.29, 0.717) is 18.4 Å². The van der Waals surface area contributed by atoms with Crippen molar-refractivity contribution in [1.82, 2.24) is 4.90 Å². The number of nitrogens with zero attached hydrogens (tertiary/aromatic N) is 1. The van der Waals surface area contributed by atoms with Crippen molar-refractivity contribution in [2.24, 2.45) is 5.92 Å². The van der Waals surface area contributed by atoms with Gasteiger partial charge in [-0.1, -0.05) is 15.9 Å². The summed E-state index contributed by atoms with van der Waals surface area (Å²) in [6.07, 6.45) is 3.34. The molecule has 2 saturated heterocycles. The average molecular weight is 322 g/mol. The fourth-order valence-electron chi connectivity index (χ4n) is 2.37. The molecule has 0 spiro atoms. The zero-order chi connectivity index (χ0) is 12.1. The van der Waals surface area contributed by atoms with Gasteiger partial charge in [0.25, 0.3) is 0 Å². The van der Waals surface area contributed by atoms with Gasteiger partial charge in [0.05, 0.1) is 12.7 Å². The minimum absolute atomic E-state index is 0.176. The van der Waals surface area contributed by atoms with Gasteiger partial charge >= 0.3 is 0 Å². The molecule has 17 heavy (non-hydrogen) atoms. The molecule has 98 valence electrons. The minimum Gasteiger partial charge on any atom is -0.374 e. The molecule has 0 aliphatic carbocycles. The van der Waals surface area contributed by atoms with E-state index in [1.807, 2.05) is 16.7 Å². The third-order valence-corrected chi connectivity index (χ3v) is 5.24. The standard InChI is InChI=1S/C12H20BrNO2S/c13-8-11-9-14(3-4-16-11)12(15)7-10-1-5-17-6-2-10/h10-11H,1-9H2. The Labute approximate surface area is 116 Å². The Morgan fingerprint density at radius 3 is 2.88 bits per heavy atom. The fourth-order valence-corrected chi connectivity index (χ4v) is 3.96. The highest BCUT2D eigenvalue weighted by Crippen LogP contribution is 2.26. The van der Waals surface area contributed by atoms with Crippen LogP contribution in [-0.2, 0) is 9.53 Å². The maximum Gasteiger partial charge on any atom is 0.223 e. The summed E-state index contributed by atoms with van der Waals surface area (Å²) in [6, 6.07) is 0. The highest BCUT2D eigenvalue weighted by atomic mass is 79.9. The van der Waals surface area contributed by atoms with Gasteiger partial charge in [-0.05, 0) is 30.3 Å². The molecule has 1 amide bonds. The van der Waals surface area contributed by atoms with E-state index in [0.717, 1.165) is 24.8 Å². The first-order chi connectivity index (χ1) is 8.29. The van der Waals surface area contributed by atoms with Crippen LogP contribution >= 0.6 is 27.7 Å². The summed E-state index contributed by atoms with van der Waals surface area (Å²) in [5, 5.41) is 0.816. The number of halogens is 1. The average Bonchev–Trinajstić information content (AvgIpc) is 2.40. The van der Waals surface area contributed by atoms with Gasteiger partial charge in [-0.3, -0.25) is 4.79 Å². The summed E-state index contributed by atoms with van der Waals surface area (Å²) in [5.41, 5.74) is 0. The third kappa shape index (κ3) is 4.14. The molecule has 1 atom stereocenters. The molecule has 0 aromatic heterocycles. The lowest BCUT2D eigenvalue weighted by Gasteiger charge is -2.33. The Morgan fingerprint density at radius 1 is 1.41 bits per heavy atom. The number of amides is 1. The smallest absolute Gasteiger partial charge is 0.223 e. The second kappa shape index (κ2) is 7.00. The highest BCUT2D eigenvalue weighted by Gasteiger charge is 2.26. The Balaban J connectivity index is 1.78. The summed E-state index contributed by atoms with van der Waals surface area (Å²) in [5.74, 6) is 3.40. The first kappa shape index (κ1) is 13.7. The quantitative estimate of drug-likeness (QED) is 0.746. The van der Waals surface area contributed by atoms with Crippen molar-refractivity contribution in [2.45, 2.75) is 25.4 Å². The molecule has 2 aliphatic heterocycles. The van der Waals surface area contributed by atoms with Crippen molar-refractivity contribution in [3.8, 4) is 0 Å². The van der Waals surface area contributed by atoms with Gasteiger partial charge in [-0.25, -0.2) is 0 Å². The van der Waals surface area contributed by atoms with Crippen LogP contribution in [0.25, 0.3) is 0 Å². The van der Waals surface area contributed by atoms with Gasteiger partial charge in [0.15, 0.2) is 0 Å². The number of alkyl halides is 1. The number of hydrogen-bond donors (Lipinski definition) is 0. The van der Waals surface area contributed by atoms with E-state index >= 15 is 0 Å². The molecule has 0 aromatic rings. The molecule has 3 nitrogen and oxygen atoms in total. The first-order valence-electron chi connectivity index (χ1n) is 6.32. The summed E-state index contributed by atoms with van der Waals surface area (Å²) >= 11 is 5.43. The van der Waals surface area contributed by atoms with Gasteiger partial charge in [0.2, 0.25) is 5.91 Å². The molecule has 2 heterocycles. The van der Waals surface area contributed by atoms with Crippen LogP contribution in [0.2, 0.25) is 0 Å². The predicted octanol–water partition coefficient (Wildman–Crippen LogP) is 2.14. The number of morpholine rings is 1. The van der Waals surface area contributed by atoms with E-state index in [4.69, 9.17) is 4.74 Å². The van der Waals surface area contributed by atoms with E-state index in [-0.39, 0.29) is 6.10 Å². The second-order valence-corrected chi connectivity index (χ2v) is 6.62. The normalized spacial score (nSPS) is 27.1. The maximum atomic E-state index is 12.2. The third-order valence-electron chi connectivity index (χ3n) is 3.47. The summed E-state index contributed by atoms with van der Waals surface area (Å²) in [7, 11) is 0. The van der Waals surface area contributed by atoms with Gasteiger partial charge < -0.3 is 9.64 Å². The van der Waals surface area contributed by atoms with E-state index in [2.05, 4.69) is 15.9 Å². The molecule has 0 N–H and O–H groups in total. The predicted molar refractivity (Wildman–Crippen MR) is 74.8 cm³/mol. The number of thioether (sulfide) groups is 1. The van der Waals surface area contributed by atoms with E-state index in [1.54, 1.807) is 0 Å². The summed E-state index contributed by atoms with van der Waals surface area (Å²) in [6.45, 7) is 2.21. The first-order valence-corrected chi connectivity index (χ1v) is 8.60. The number of hydrogen-bond acceptors (Lipinski definition) is 3. The van der Waals surface area contributed by atoms with Crippen molar-refractivity contribution in [3.63, 3.8) is 0 Å².